The van der Waals surface area contributed by atoms with Gasteiger partial charge in [-0.2, -0.15) is 0 Å². The van der Waals surface area contributed by atoms with E-state index in [-0.39, 0.29) is 12.4 Å². The molecular formula is C21H25NO4. The molecule has 5 nitrogen and oxygen atoms in total. The number of esters is 1. The number of ketones is 1. The van der Waals surface area contributed by atoms with Crippen LogP contribution >= 0.6 is 0 Å². The van der Waals surface area contributed by atoms with E-state index in [1.165, 1.54) is 6.92 Å². The number of Topliss-reactive ketones (excluding diaryl/α,β-unsaturated/α-hetero) is 1. The Bertz CT molecular complexity index is 713. The van der Waals surface area contributed by atoms with E-state index in [1.54, 1.807) is 26.2 Å². The SMILES string of the molecule is CCOC(=O)[C@@H](Nc1ccc(OC)cc1)[C@H](Cc1ccccc1)C(C)=O. The Hall–Kier alpha value is -2.82. The van der Waals surface area contributed by atoms with Crippen molar-refractivity contribution in [3.05, 3.63) is 60.2 Å². The Kier molecular flexibility index (Phi) is 7.21. The number of methoxy groups -OCH3 is 1. The van der Waals surface area contributed by atoms with Gasteiger partial charge in [0.25, 0.3) is 0 Å². The molecule has 0 amide bonds. The molecule has 0 aliphatic heterocycles. The Balaban J connectivity index is 2.26. The van der Waals surface area contributed by atoms with Crippen molar-refractivity contribution in [1.29, 1.82) is 0 Å². The number of rotatable bonds is 9. The lowest BCUT2D eigenvalue weighted by atomic mass is 9.88. The lowest BCUT2D eigenvalue weighted by molar-refractivity contribution is -0.147. The van der Waals surface area contributed by atoms with Crippen molar-refractivity contribution in [2.24, 2.45) is 5.92 Å². The molecule has 5 heteroatoms. The molecule has 2 aromatic carbocycles. The Morgan fingerprint density at radius 1 is 1.04 bits per heavy atom. The van der Waals surface area contributed by atoms with Crippen LogP contribution in [0.4, 0.5) is 5.69 Å². The van der Waals surface area contributed by atoms with Gasteiger partial charge in [0.1, 0.15) is 17.6 Å². The van der Waals surface area contributed by atoms with E-state index in [0.29, 0.717) is 6.42 Å². The highest BCUT2D eigenvalue weighted by molar-refractivity contribution is 5.89. The van der Waals surface area contributed by atoms with Gasteiger partial charge in [-0.15, -0.1) is 0 Å². The van der Waals surface area contributed by atoms with E-state index in [0.717, 1.165) is 17.0 Å². The summed E-state index contributed by atoms with van der Waals surface area (Å²) < 4.78 is 10.4. The van der Waals surface area contributed by atoms with Crippen LogP contribution in [-0.2, 0) is 20.7 Å². The maximum atomic E-state index is 12.5. The van der Waals surface area contributed by atoms with Crippen molar-refractivity contribution in [3.63, 3.8) is 0 Å². The summed E-state index contributed by atoms with van der Waals surface area (Å²) >= 11 is 0. The molecule has 0 aromatic heterocycles. The maximum Gasteiger partial charge on any atom is 0.329 e. The van der Waals surface area contributed by atoms with Gasteiger partial charge in [0, 0.05) is 5.69 Å². The van der Waals surface area contributed by atoms with Crippen LogP contribution in [0.25, 0.3) is 0 Å². The molecule has 0 saturated carbocycles. The molecule has 2 aromatic rings. The molecule has 138 valence electrons. The second kappa shape index (κ2) is 9.61. The average Bonchev–Trinajstić information content (AvgIpc) is 2.66. The van der Waals surface area contributed by atoms with Gasteiger partial charge in [0.05, 0.1) is 19.6 Å². The summed E-state index contributed by atoms with van der Waals surface area (Å²) in [6, 6.07) is 16.1. The maximum absolute atomic E-state index is 12.5. The fourth-order valence-corrected chi connectivity index (χ4v) is 2.79. The topological polar surface area (TPSA) is 64.6 Å². The van der Waals surface area contributed by atoms with E-state index in [9.17, 15) is 9.59 Å². The molecule has 26 heavy (non-hydrogen) atoms. The first-order valence-electron chi connectivity index (χ1n) is 8.66. The van der Waals surface area contributed by atoms with Crippen molar-refractivity contribution < 1.29 is 19.1 Å². The molecule has 2 rings (SSSR count). The molecule has 0 heterocycles. The normalized spacial score (nSPS) is 12.7. The van der Waals surface area contributed by atoms with Crippen LogP contribution in [0.3, 0.4) is 0 Å². The zero-order chi connectivity index (χ0) is 18.9. The fourth-order valence-electron chi connectivity index (χ4n) is 2.79. The zero-order valence-electron chi connectivity index (χ0n) is 15.4. The quantitative estimate of drug-likeness (QED) is 0.698. The first-order chi connectivity index (χ1) is 12.5. The number of anilines is 1. The first kappa shape index (κ1) is 19.5. The number of carbonyl (C=O) groups is 2. The molecule has 0 aliphatic rings. The van der Waals surface area contributed by atoms with Gasteiger partial charge >= 0.3 is 5.97 Å². The van der Waals surface area contributed by atoms with E-state index < -0.39 is 17.9 Å². The van der Waals surface area contributed by atoms with Crippen LogP contribution in [0.15, 0.2) is 54.6 Å². The smallest absolute Gasteiger partial charge is 0.329 e. The average molecular weight is 355 g/mol. The van der Waals surface area contributed by atoms with Crippen LogP contribution in [0.5, 0.6) is 5.75 Å². The largest absolute Gasteiger partial charge is 0.497 e. The standard InChI is InChI=1S/C21H25NO4/c1-4-26-21(24)20(22-17-10-12-18(25-3)13-11-17)19(15(2)23)14-16-8-6-5-7-9-16/h5-13,19-20,22H,4,14H2,1-3H3/t19-,20+/m1/s1. The van der Waals surface area contributed by atoms with Crippen LogP contribution in [-0.4, -0.2) is 31.5 Å². The third-order valence-electron chi connectivity index (χ3n) is 4.18. The highest BCUT2D eigenvalue weighted by Gasteiger charge is 2.33. The second-order valence-electron chi connectivity index (χ2n) is 6.01. The number of benzene rings is 2. The molecule has 0 spiro atoms. The molecule has 0 radical (unpaired) electrons. The van der Waals surface area contributed by atoms with Crippen LogP contribution in [0, 0.1) is 5.92 Å². The van der Waals surface area contributed by atoms with Crippen molar-refractivity contribution >= 4 is 17.4 Å². The highest BCUT2D eigenvalue weighted by Crippen LogP contribution is 2.21. The number of carbonyl (C=O) groups excluding carboxylic acids is 2. The van der Waals surface area contributed by atoms with Crippen LogP contribution < -0.4 is 10.1 Å². The van der Waals surface area contributed by atoms with E-state index in [1.807, 2.05) is 42.5 Å². The summed E-state index contributed by atoms with van der Waals surface area (Å²) in [4.78, 5) is 24.9. The summed E-state index contributed by atoms with van der Waals surface area (Å²) in [5.74, 6) is -0.304. The summed E-state index contributed by atoms with van der Waals surface area (Å²) in [6.07, 6.45) is 0.461. The minimum absolute atomic E-state index is 0.0621. The third kappa shape index (κ3) is 5.34. The van der Waals surface area contributed by atoms with Gasteiger partial charge in [-0.05, 0) is 50.1 Å². The van der Waals surface area contributed by atoms with Crippen molar-refractivity contribution in [1.82, 2.24) is 0 Å². The number of nitrogens with one attached hydrogen (secondary N) is 1. The van der Waals surface area contributed by atoms with Gasteiger partial charge in [0.2, 0.25) is 0 Å². The molecule has 2 atom stereocenters. The minimum atomic E-state index is -0.763. The van der Waals surface area contributed by atoms with E-state index in [4.69, 9.17) is 9.47 Å². The number of hydrogen-bond acceptors (Lipinski definition) is 5. The molecule has 0 saturated heterocycles. The first-order valence-corrected chi connectivity index (χ1v) is 8.66. The molecule has 0 unspecified atom stereocenters. The van der Waals surface area contributed by atoms with Crippen molar-refractivity contribution in [3.8, 4) is 5.75 Å². The Morgan fingerprint density at radius 2 is 1.69 bits per heavy atom. The van der Waals surface area contributed by atoms with Gasteiger partial charge in [0.15, 0.2) is 0 Å². The predicted molar refractivity (Wildman–Crippen MR) is 101 cm³/mol. The lowest BCUT2D eigenvalue weighted by Gasteiger charge is -2.25. The number of hydrogen-bond donors (Lipinski definition) is 1. The van der Waals surface area contributed by atoms with Crippen LogP contribution in [0.2, 0.25) is 0 Å². The fraction of sp³-hybridized carbons (Fsp3) is 0.333. The van der Waals surface area contributed by atoms with Crippen LogP contribution in [0.1, 0.15) is 19.4 Å². The van der Waals surface area contributed by atoms with Gasteiger partial charge in [-0.3, -0.25) is 4.79 Å². The van der Waals surface area contributed by atoms with Gasteiger partial charge < -0.3 is 14.8 Å². The van der Waals surface area contributed by atoms with Crippen molar-refractivity contribution in [2.45, 2.75) is 26.3 Å². The highest BCUT2D eigenvalue weighted by atomic mass is 16.5. The molecular weight excluding hydrogens is 330 g/mol. The molecule has 0 bridgehead atoms. The zero-order valence-corrected chi connectivity index (χ0v) is 15.4. The number of ether oxygens (including phenoxy) is 2. The minimum Gasteiger partial charge on any atom is -0.497 e. The summed E-state index contributed by atoms with van der Waals surface area (Å²) in [5, 5.41) is 3.17. The monoisotopic (exact) mass is 355 g/mol. The van der Waals surface area contributed by atoms with Gasteiger partial charge in [-0.1, -0.05) is 30.3 Å². The summed E-state index contributed by atoms with van der Waals surface area (Å²) in [6.45, 7) is 3.52. The van der Waals surface area contributed by atoms with Crippen molar-refractivity contribution in [2.75, 3.05) is 19.0 Å². The van der Waals surface area contributed by atoms with E-state index >= 15 is 0 Å². The lowest BCUT2D eigenvalue weighted by Crippen LogP contribution is -2.42. The third-order valence-corrected chi connectivity index (χ3v) is 4.18. The summed E-state index contributed by atoms with van der Waals surface area (Å²) in [7, 11) is 1.59. The molecule has 0 aliphatic carbocycles. The molecule has 1 N–H and O–H groups in total. The van der Waals surface area contributed by atoms with E-state index in [2.05, 4.69) is 5.32 Å². The second-order valence-corrected chi connectivity index (χ2v) is 6.01. The summed E-state index contributed by atoms with van der Waals surface area (Å²) in [5.41, 5.74) is 1.72. The Labute approximate surface area is 154 Å². The predicted octanol–water partition coefficient (Wildman–Crippen LogP) is 3.49. The Morgan fingerprint density at radius 3 is 2.23 bits per heavy atom. The molecule has 0 fully saturated rings. The van der Waals surface area contributed by atoms with Gasteiger partial charge in [-0.25, -0.2) is 4.79 Å².